The summed E-state index contributed by atoms with van der Waals surface area (Å²) in [6.45, 7) is 2.73. The van der Waals surface area contributed by atoms with Crippen LogP contribution in [-0.4, -0.2) is 11.7 Å². The van der Waals surface area contributed by atoms with Gasteiger partial charge in [0.05, 0.1) is 0 Å². The Kier molecular flexibility index (Phi) is 4.69. The Labute approximate surface area is 101 Å². The molecule has 2 rings (SSSR count). The third-order valence-electron chi connectivity index (χ3n) is 4.67. The molecule has 1 N–H and O–H groups in total. The molecular formula is C15H28O. The van der Waals surface area contributed by atoms with E-state index in [0.717, 1.165) is 17.8 Å². The highest BCUT2D eigenvalue weighted by Crippen LogP contribution is 2.59. The lowest BCUT2D eigenvalue weighted by Gasteiger charge is -2.01. The van der Waals surface area contributed by atoms with Crippen molar-refractivity contribution in [3.05, 3.63) is 0 Å². The molecule has 1 heteroatoms. The summed E-state index contributed by atoms with van der Waals surface area (Å²) in [4.78, 5) is 0. The molecule has 0 aromatic carbocycles. The van der Waals surface area contributed by atoms with Gasteiger partial charge in [-0.3, -0.25) is 0 Å². The summed E-state index contributed by atoms with van der Waals surface area (Å²) in [5.74, 6) is 3.69. The summed E-state index contributed by atoms with van der Waals surface area (Å²) in [5, 5.41) is 9.04. The predicted octanol–water partition coefficient (Wildman–Crippen LogP) is 4.00. The zero-order valence-electron chi connectivity index (χ0n) is 10.8. The molecule has 0 saturated heterocycles. The molecule has 0 bridgehead atoms. The molecule has 0 aromatic rings. The number of unbranched alkanes of at least 4 members (excludes halogenated alkanes) is 5. The molecule has 0 aromatic heterocycles. The number of hydrogen-bond donors (Lipinski definition) is 1. The molecule has 2 fully saturated rings. The van der Waals surface area contributed by atoms with Crippen LogP contribution in [-0.2, 0) is 0 Å². The van der Waals surface area contributed by atoms with Crippen LogP contribution < -0.4 is 0 Å². The average Bonchev–Trinajstić information content (AvgIpc) is 3.14. The molecule has 4 atom stereocenters. The number of hydrogen-bond acceptors (Lipinski definition) is 1. The molecule has 2 aliphatic carbocycles. The normalized spacial score (nSPS) is 36.4. The first-order chi connectivity index (χ1) is 7.86. The summed E-state index contributed by atoms with van der Waals surface area (Å²) in [6.07, 6.45) is 12.9. The Morgan fingerprint density at radius 1 is 0.875 bits per heavy atom. The minimum Gasteiger partial charge on any atom is -0.396 e. The van der Waals surface area contributed by atoms with Gasteiger partial charge in [0.25, 0.3) is 0 Å². The first-order valence-corrected chi connectivity index (χ1v) is 7.47. The lowest BCUT2D eigenvalue weighted by Crippen LogP contribution is -1.93. The van der Waals surface area contributed by atoms with E-state index in [0.29, 0.717) is 12.5 Å². The summed E-state index contributed by atoms with van der Waals surface area (Å²) < 4.78 is 0. The third-order valence-corrected chi connectivity index (χ3v) is 4.67. The van der Waals surface area contributed by atoms with Gasteiger partial charge >= 0.3 is 0 Å². The van der Waals surface area contributed by atoms with Gasteiger partial charge in [-0.25, -0.2) is 0 Å². The van der Waals surface area contributed by atoms with E-state index < -0.39 is 0 Å². The maximum atomic E-state index is 9.04. The van der Waals surface area contributed by atoms with Gasteiger partial charge in [-0.2, -0.15) is 0 Å². The van der Waals surface area contributed by atoms with Crippen molar-refractivity contribution in [2.75, 3.05) is 6.61 Å². The quantitative estimate of drug-likeness (QED) is 0.587. The third kappa shape index (κ3) is 3.48. The van der Waals surface area contributed by atoms with E-state index in [1.54, 1.807) is 0 Å². The van der Waals surface area contributed by atoms with Gasteiger partial charge in [0, 0.05) is 6.61 Å². The Bertz CT molecular complexity index is 202. The fourth-order valence-electron chi connectivity index (χ4n) is 3.32. The molecule has 0 spiro atoms. The van der Waals surface area contributed by atoms with E-state index in [9.17, 15) is 0 Å². The molecule has 0 radical (unpaired) electrons. The SMILES string of the molecule is CCCCCCCCC1CC1C1CC1CO. The highest BCUT2D eigenvalue weighted by Gasteiger charge is 2.52. The second kappa shape index (κ2) is 6.05. The lowest BCUT2D eigenvalue weighted by atomic mass is 10.1. The van der Waals surface area contributed by atoms with Crippen molar-refractivity contribution in [3.8, 4) is 0 Å². The van der Waals surface area contributed by atoms with Gasteiger partial charge in [0.1, 0.15) is 0 Å². The first kappa shape index (κ1) is 12.4. The van der Waals surface area contributed by atoms with Crippen LogP contribution in [0.5, 0.6) is 0 Å². The van der Waals surface area contributed by atoms with Crippen LogP contribution in [0.25, 0.3) is 0 Å². The van der Waals surface area contributed by atoms with E-state index in [4.69, 9.17) is 5.11 Å². The predicted molar refractivity (Wildman–Crippen MR) is 68.3 cm³/mol. The summed E-state index contributed by atoms with van der Waals surface area (Å²) in [7, 11) is 0. The second-order valence-electron chi connectivity index (χ2n) is 6.06. The average molecular weight is 224 g/mol. The van der Waals surface area contributed by atoms with Gasteiger partial charge in [-0.1, -0.05) is 51.9 Å². The molecule has 1 nitrogen and oxygen atoms in total. The maximum Gasteiger partial charge on any atom is 0.0462 e. The monoisotopic (exact) mass is 224 g/mol. The molecule has 0 amide bonds. The fourth-order valence-corrected chi connectivity index (χ4v) is 3.32. The molecule has 0 heterocycles. The molecule has 94 valence electrons. The van der Waals surface area contributed by atoms with Crippen LogP contribution in [0.4, 0.5) is 0 Å². The van der Waals surface area contributed by atoms with Crippen LogP contribution in [0, 0.1) is 23.7 Å². The van der Waals surface area contributed by atoms with Gasteiger partial charge in [-0.15, -0.1) is 0 Å². The smallest absolute Gasteiger partial charge is 0.0462 e. The molecular weight excluding hydrogens is 196 g/mol. The molecule has 2 saturated carbocycles. The van der Waals surface area contributed by atoms with Crippen molar-refractivity contribution >= 4 is 0 Å². The summed E-state index contributed by atoms with van der Waals surface area (Å²) in [5.41, 5.74) is 0. The Morgan fingerprint density at radius 3 is 2.19 bits per heavy atom. The number of aliphatic hydroxyl groups excluding tert-OH is 1. The van der Waals surface area contributed by atoms with E-state index >= 15 is 0 Å². The van der Waals surface area contributed by atoms with Crippen molar-refractivity contribution in [2.24, 2.45) is 23.7 Å². The van der Waals surface area contributed by atoms with Crippen LogP contribution in [0.1, 0.15) is 64.7 Å². The minimum atomic E-state index is 0.449. The molecule has 2 aliphatic rings. The Hall–Kier alpha value is -0.0400. The molecule has 0 aliphatic heterocycles. The second-order valence-corrected chi connectivity index (χ2v) is 6.06. The zero-order chi connectivity index (χ0) is 11.4. The zero-order valence-corrected chi connectivity index (χ0v) is 10.8. The standard InChI is InChI=1S/C15H28O/c1-2-3-4-5-6-7-8-12-9-14(12)15-10-13(15)11-16/h12-16H,2-11H2,1H3. The maximum absolute atomic E-state index is 9.04. The van der Waals surface area contributed by atoms with Gasteiger partial charge in [0.2, 0.25) is 0 Å². The Balaban J connectivity index is 1.42. The molecule has 4 unspecified atom stereocenters. The van der Waals surface area contributed by atoms with Crippen LogP contribution >= 0.6 is 0 Å². The molecule has 16 heavy (non-hydrogen) atoms. The van der Waals surface area contributed by atoms with Crippen LogP contribution in [0.2, 0.25) is 0 Å². The van der Waals surface area contributed by atoms with E-state index in [2.05, 4.69) is 6.92 Å². The topological polar surface area (TPSA) is 20.2 Å². The van der Waals surface area contributed by atoms with Crippen molar-refractivity contribution in [1.82, 2.24) is 0 Å². The Morgan fingerprint density at radius 2 is 1.50 bits per heavy atom. The largest absolute Gasteiger partial charge is 0.396 e. The van der Waals surface area contributed by atoms with E-state index in [1.807, 2.05) is 0 Å². The van der Waals surface area contributed by atoms with Gasteiger partial charge in [0.15, 0.2) is 0 Å². The highest BCUT2D eigenvalue weighted by atomic mass is 16.3. The number of rotatable bonds is 9. The lowest BCUT2D eigenvalue weighted by molar-refractivity contribution is 0.265. The highest BCUT2D eigenvalue weighted by molar-refractivity contribution is 5.01. The van der Waals surface area contributed by atoms with Gasteiger partial charge in [-0.05, 0) is 36.5 Å². The van der Waals surface area contributed by atoms with Crippen molar-refractivity contribution < 1.29 is 5.11 Å². The van der Waals surface area contributed by atoms with E-state index in [-0.39, 0.29) is 0 Å². The number of aliphatic hydroxyl groups is 1. The first-order valence-electron chi connectivity index (χ1n) is 7.47. The minimum absolute atomic E-state index is 0.449. The summed E-state index contributed by atoms with van der Waals surface area (Å²) >= 11 is 0. The fraction of sp³-hybridized carbons (Fsp3) is 1.00. The van der Waals surface area contributed by atoms with Crippen LogP contribution in [0.15, 0.2) is 0 Å². The summed E-state index contributed by atoms with van der Waals surface area (Å²) in [6, 6.07) is 0. The van der Waals surface area contributed by atoms with Crippen molar-refractivity contribution in [1.29, 1.82) is 0 Å². The van der Waals surface area contributed by atoms with E-state index in [1.165, 1.54) is 57.8 Å². The van der Waals surface area contributed by atoms with Gasteiger partial charge < -0.3 is 5.11 Å². The van der Waals surface area contributed by atoms with Crippen molar-refractivity contribution in [3.63, 3.8) is 0 Å². The van der Waals surface area contributed by atoms with Crippen LogP contribution in [0.3, 0.4) is 0 Å². The van der Waals surface area contributed by atoms with Crippen molar-refractivity contribution in [2.45, 2.75) is 64.7 Å².